The molecule has 0 aromatic heterocycles. The Morgan fingerprint density at radius 1 is 1.17 bits per heavy atom. The quantitative estimate of drug-likeness (QED) is 0.241. The van der Waals surface area contributed by atoms with Gasteiger partial charge in [-0.2, -0.15) is 0 Å². The smallest absolute Gasteiger partial charge is 0.221 e. The number of benzene rings is 1. The van der Waals surface area contributed by atoms with Crippen LogP contribution in [0.15, 0.2) is 40.2 Å². The van der Waals surface area contributed by atoms with E-state index in [0.29, 0.717) is 24.9 Å². The first-order valence-corrected chi connectivity index (χ1v) is 11.7. The number of aliphatic imine (C=N–C) groups is 1. The molecule has 162 valence electrons. The molecular formula is C22H35IN4OS. The highest BCUT2D eigenvalue weighted by Crippen LogP contribution is 2.25. The number of carbonyl (C=O) groups is 1. The van der Waals surface area contributed by atoms with Gasteiger partial charge in [0.05, 0.1) is 0 Å². The molecule has 1 atom stereocenters. The number of nitrogens with one attached hydrogen (secondary N) is 2. The summed E-state index contributed by atoms with van der Waals surface area (Å²) in [7, 11) is 1.83. The van der Waals surface area contributed by atoms with E-state index in [1.165, 1.54) is 30.6 Å². The van der Waals surface area contributed by atoms with Crippen LogP contribution in [0.5, 0.6) is 0 Å². The largest absolute Gasteiger partial charge is 0.356 e. The summed E-state index contributed by atoms with van der Waals surface area (Å²) in [6.07, 6.45) is 7.78. The van der Waals surface area contributed by atoms with Gasteiger partial charge in [0.15, 0.2) is 5.96 Å². The van der Waals surface area contributed by atoms with E-state index in [-0.39, 0.29) is 29.9 Å². The predicted octanol–water partition coefficient (Wildman–Crippen LogP) is 4.13. The zero-order valence-electron chi connectivity index (χ0n) is 17.4. The van der Waals surface area contributed by atoms with Gasteiger partial charge in [-0.15, -0.1) is 35.7 Å². The zero-order valence-corrected chi connectivity index (χ0v) is 20.6. The molecule has 1 aromatic carbocycles. The Morgan fingerprint density at radius 2 is 1.93 bits per heavy atom. The van der Waals surface area contributed by atoms with Crippen molar-refractivity contribution in [1.82, 2.24) is 15.5 Å². The van der Waals surface area contributed by atoms with Crippen LogP contribution in [0.4, 0.5) is 0 Å². The summed E-state index contributed by atoms with van der Waals surface area (Å²) in [5.41, 5.74) is 0. The number of likely N-dealkylation sites (tertiary alicyclic amines) is 1. The maximum Gasteiger partial charge on any atom is 0.221 e. The number of carbonyl (C=O) groups excluding carboxylic acids is 1. The van der Waals surface area contributed by atoms with E-state index in [1.54, 1.807) is 0 Å². The Labute approximate surface area is 196 Å². The van der Waals surface area contributed by atoms with Gasteiger partial charge in [0, 0.05) is 49.8 Å². The minimum atomic E-state index is 0. The molecule has 1 aromatic rings. The molecule has 1 heterocycles. The van der Waals surface area contributed by atoms with E-state index in [2.05, 4.69) is 50.9 Å². The zero-order chi connectivity index (χ0) is 19.6. The van der Waals surface area contributed by atoms with Crippen LogP contribution < -0.4 is 10.6 Å². The van der Waals surface area contributed by atoms with E-state index in [9.17, 15) is 4.79 Å². The molecule has 29 heavy (non-hydrogen) atoms. The second kappa shape index (κ2) is 13.4. The standard InChI is InChI=1S/C22H34N4OS.HI/c1-23-22(24-14-12-21(27)25-19-8-4-2-5-9-19)26-15-13-18(16-26)17-28-20-10-6-3-7-11-20;/h3,6-7,10-11,18-19H,2,4-5,8-9,12-17H2,1H3,(H,23,24)(H,25,27);1H. The van der Waals surface area contributed by atoms with Gasteiger partial charge < -0.3 is 15.5 Å². The van der Waals surface area contributed by atoms with Gasteiger partial charge in [-0.05, 0) is 37.3 Å². The van der Waals surface area contributed by atoms with E-state index in [4.69, 9.17) is 0 Å². The molecule has 2 fully saturated rings. The number of rotatable bonds is 7. The first kappa shape index (κ1) is 24.3. The van der Waals surface area contributed by atoms with Crippen LogP contribution >= 0.6 is 35.7 Å². The molecule has 1 unspecified atom stereocenters. The molecular weight excluding hydrogens is 495 g/mol. The molecule has 1 saturated carbocycles. The van der Waals surface area contributed by atoms with Gasteiger partial charge in [0.1, 0.15) is 0 Å². The van der Waals surface area contributed by atoms with Gasteiger partial charge in [-0.25, -0.2) is 0 Å². The lowest BCUT2D eigenvalue weighted by molar-refractivity contribution is -0.121. The minimum absolute atomic E-state index is 0. The van der Waals surface area contributed by atoms with E-state index in [1.807, 2.05) is 18.8 Å². The third-order valence-corrected chi connectivity index (χ3v) is 6.88. The highest BCUT2D eigenvalue weighted by atomic mass is 127. The Kier molecular flexibility index (Phi) is 11.2. The predicted molar refractivity (Wildman–Crippen MR) is 133 cm³/mol. The topological polar surface area (TPSA) is 56.7 Å². The fraction of sp³-hybridized carbons (Fsp3) is 0.636. The maximum atomic E-state index is 12.2. The summed E-state index contributed by atoms with van der Waals surface area (Å²) in [5.74, 6) is 2.91. The Balaban J connectivity index is 0.00000300. The SMILES string of the molecule is CN=C(NCCC(=O)NC1CCCCC1)N1CCC(CSc2ccccc2)C1.I. The van der Waals surface area contributed by atoms with Crippen molar-refractivity contribution < 1.29 is 4.79 Å². The summed E-state index contributed by atoms with van der Waals surface area (Å²) in [4.78, 5) is 20.3. The van der Waals surface area contributed by atoms with Crippen LogP contribution in [-0.2, 0) is 4.79 Å². The first-order chi connectivity index (χ1) is 13.7. The molecule has 2 aliphatic rings. The van der Waals surface area contributed by atoms with Crippen molar-refractivity contribution in [3.8, 4) is 0 Å². The molecule has 0 spiro atoms. The lowest BCUT2D eigenvalue weighted by Gasteiger charge is -2.24. The molecule has 0 radical (unpaired) electrons. The van der Waals surface area contributed by atoms with Crippen molar-refractivity contribution in [2.24, 2.45) is 10.9 Å². The average molecular weight is 531 g/mol. The van der Waals surface area contributed by atoms with Gasteiger partial charge in [-0.1, -0.05) is 37.5 Å². The lowest BCUT2D eigenvalue weighted by Crippen LogP contribution is -2.42. The monoisotopic (exact) mass is 530 g/mol. The van der Waals surface area contributed by atoms with E-state index in [0.717, 1.165) is 37.6 Å². The molecule has 1 aliphatic carbocycles. The molecule has 2 N–H and O–H groups in total. The minimum Gasteiger partial charge on any atom is -0.356 e. The second-order valence-electron chi connectivity index (χ2n) is 7.85. The molecule has 1 aliphatic heterocycles. The highest BCUT2D eigenvalue weighted by Gasteiger charge is 2.25. The van der Waals surface area contributed by atoms with Crippen molar-refractivity contribution in [3.63, 3.8) is 0 Å². The van der Waals surface area contributed by atoms with Crippen LogP contribution in [0, 0.1) is 5.92 Å². The van der Waals surface area contributed by atoms with Crippen LogP contribution in [0.2, 0.25) is 0 Å². The van der Waals surface area contributed by atoms with Crippen molar-refractivity contribution >= 4 is 47.6 Å². The molecule has 1 amide bonds. The third kappa shape index (κ3) is 8.36. The Hall–Kier alpha value is -0.960. The van der Waals surface area contributed by atoms with Gasteiger partial charge in [0.25, 0.3) is 0 Å². The highest BCUT2D eigenvalue weighted by molar-refractivity contribution is 14.0. The number of hydrogen-bond donors (Lipinski definition) is 2. The van der Waals surface area contributed by atoms with Crippen molar-refractivity contribution in [1.29, 1.82) is 0 Å². The summed E-state index contributed by atoms with van der Waals surface area (Å²) < 4.78 is 0. The van der Waals surface area contributed by atoms with Crippen LogP contribution in [0.25, 0.3) is 0 Å². The molecule has 1 saturated heterocycles. The number of hydrogen-bond acceptors (Lipinski definition) is 3. The number of guanidine groups is 1. The normalized spacial score (nSPS) is 20.2. The van der Waals surface area contributed by atoms with Crippen molar-refractivity contribution in [2.45, 2.75) is 55.9 Å². The lowest BCUT2D eigenvalue weighted by atomic mass is 9.95. The van der Waals surface area contributed by atoms with Crippen molar-refractivity contribution in [2.75, 3.05) is 32.4 Å². The fourth-order valence-electron chi connectivity index (χ4n) is 4.06. The van der Waals surface area contributed by atoms with Gasteiger partial charge in [-0.3, -0.25) is 9.79 Å². The average Bonchev–Trinajstić information content (AvgIpc) is 3.20. The Morgan fingerprint density at radius 3 is 2.66 bits per heavy atom. The number of amides is 1. The van der Waals surface area contributed by atoms with Gasteiger partial charge >= 0.3 is 0 Å². The van der Waals surface area contributed by atoms with Crippen molar-refractivity contribution in [3.05, 3.63) is 30.3 Å². The summed E-state index contributed by atoms with van der Waals surface area (Å²) in [5, 5.41) is 6.57. The Bertz CT molecular complexity index is 637. The maximum absolute atomic E-state index is 12.2. The fourth-order valence-corrected chi connectivity index (χ4v) is 5.11. The van der Waals surface area contributed by atoms with Crippen LogP contribution in [-0.4, -0.2) is 55.2 Å². The van der Waals surface area contributed by atoms with E-state index >= 15 is 0 Å². The summed E-state index contributed by atoms with van der Waals surface area (Å²) in [6.45, 7) is 2.72. The molecule has 0 bridgehead atoms. The first-order valence-electron chi connectivity index (χ1n) is 10.7. The summed E-state index contributed by atoms with van der Waals surface area (Å²) in [6, 6.07) is 11.0. The van der Waals surface area contributed by atoms with Crippen LogP contribution in [0.1, 0.15) is 44.9 Å². The van der Waals surface area contributed by atoms with Gasteiger partial charge in [0.2, 0.25) is 5.91 Å². The number of nitrogens with zero attached hydrogens (tertiary/aromatic N) is 2. The number of thioether (sulfide) groups is 1. The molecule has 5 nitrogen and oxygen atoms in total. The number of halogens is 1. The van der Waals surface area contributed by atoms with E-state index < -0.39 is 0 Å². The second-order valence-corrected chi connectivity index (χ2v) is 8.94. The third-order valence-electron chi connectivity index (χ3n) is 5.63. The van der Waals surface area contributed by atoms with Crippen LogP contribution in [0.3, 0.4) is 0 Å². The molecule has 3 rings (SSSR count). The summed E-state index contributed by atoms with van der Waals surface area (Å²) >= 11 is 1.94. The molecule has 7 heteroatoms.